The van der Waals surface area contributed by atoms with E-state index in [9.17, 15) is 4.79 Å². The third kappa shape index (κ3) is 3.17. The molecule has 1 aliphatic carbocycles. The summed E-state index contributed by atoms with van der Waals surface area (Å²) in [6, 6.07) is 8.37. The number of rotatable bonds is 5. The zero-order valence-electron chi connectivity index (χ0n) is 12.9. The number of nitrogens with zero attached hydrogens (tertiary/aromatic N) is 4. The molecular weight excluding hydrogens is 356 g/mol. The summed E-state index contributed by atoms with van der Waals surface area (Å²) < 4.78 is 3.01. The predicted molar refractivity (Wildman–Crippen MR) is 90.1 cm³/mol. The molecule has 2 heterocycles. The van der Waals surface area contributed by atoms with Crippen molar-refractivity contribution in [2.24, 2.45) is 0 Å². The smallest absolute Gasteiger partial charge is 0.223 e. The van der Waals surface area contributed by atoms with Gasteiger partial charge in [-0.3, -0.25) is 4.79 Å². The minimum Gasteiger partial charge on any atom is -0.338 e. The summed E-state index contributed by atoms with van der Waals surface area (Å²) >= 11 is 3.53. The summed E-state index contributed by atoms with van der Waals surface area (Å²) in [5, 5.41) is 8.46. The van der Waals surface area contributed by atoms with Gasteiger partial charge in [0.05, 0.1) is 11.7 Å². The molecule has 23 heavy (non-hydrogen) atoms. The highest BCUT2D eigenvalue weighted by atomic mass is 79.9. The maximum absolute atomic E-state index is 12.3. The molecule has 1 saturated carbocycles. The fourth-order valence-electron chi connectivity index (χ4n) is 2.96. The lowest BCUT2D eigenvalue weighted by Crippen LogP contribution is -2.51. The Hall–Kier alpha value is -1.69. The molecule has 2 aliphatic rings. The van der Waals surface area contributed by atoms with Crippen molar-refractivity contribution in [3.63, 3.8) is 0 Å². The van der Waals surface area contributed by atoms with Crippen LogP contribution in [-0.4, -0.2) is 38.9 Å². The van der Waals surface area contributed by atoms with Crippen molar-refractivity contribution in [1.82, 2.24) is 19.9 Å². The minimum atomic E-state index is 0.222. The van der Waals surface area contributed by atoms with Gasteiger partial charge in [-0.15, -0.1) is 5.10 Å². The molecule has 1 aromatic heterocycles. The summed E-state index contributed by atoms with van der Waals surface area (Å²) in [6.07, 6.45) is 5.87. The summed E-state index contributed by atoms with van der Waals surface area (Å²) in [5.74, 6) is 0.852. The molecule has 1 amide bonds. The Labute approximate surface area is 143 Å². The largest absolute Gasteiger partial charge is 0.338 e. The van der Waals surface area contributed by atoms with Crippen LogP contribution in [-0.2, 0) is 11.2 Å². The average molecular weight is 375 g/mol. The number of carbonyl (C=O) groups is 1. The first-order valence-electron chi connectivity index (χ1n) is 8.13. The second-order valence-electron chi connectivity index (χ2n) is 6.44. The van der Waals surface area contributed by atoms with E-state index in [1.165, 1.54) is 18.4 Å². The molecule has 1 aliphatic heterocycles. The molecule has 5 nitrogen and oxygen atoms in total. The number of carbonyl (C=O) groups excluding carboxylic acids is 1. The first-order chi connectivity index (χ1) is 11.2. The van der Waals surface area contributed by atoms with Crippen LogP contribution in [0.15, 0.2) is 34.9 Å². The Morgan fingerprint density at radius 1 is 1.26 bits per heavy atom. The molecule has 6 heteroatoms. The number of likely N-dealkylation sites (tertiary alicyclic amines) is 1. The Balaban J connectivity index is 1.27. The van der Waals surface area contributed by atoms with Gasteiger partial charge in [0, 0.05) is 36.1 Å². The Kier molecular flexibility index (Phi) is 3.93. The molecule has 0 radical (unpaired) electrons. The van der Waals surface area contributed by atoms with Gasteiger partial charge in [-0.1, -0.05) is 39.3 Å². The normalized spacial score (nSPS) is 18.0. The number of benzene rings is 1. The number of halogens is 1. The van der Waals surface area contributed by atoms with Gasteiger partial charge >= 0.3 is 0 Å². The molecular formula is C17H19BrN4O. The highest BCUT2D eigenvalue weighted by molar-refractivity contribution is 9.10. The zero-order valence-corrected chi connectivity index (χ0v) is 14.4. The molecule has 0 bridgehead atoms. The lowest BCUT2D eigenvalue weighted by atomic mass is 10.1. The van der Waals surface area contributed by atoms with E-state index in [1.54, 1.807) is 0 Å². The van der Waals surface area contributed by atoms with Crippen LogP contribution in [0.4, 0.5) is 0 Å². The molecule has 0 unspecified atom stereocenters. The number of amides is 1. The minimum absolute atomic E-state index is 0.222. The second kappa shape index (κ2) is 6.07. The Morgan fingerprint density at radius 3 is 2.78 bits per heavy atom. The third-order valence-corrected chi connectivity index (χ3v) is 5.45. The Bertz CT molecular complexity index is 719. The van der Waals surface area contributed by atoms with Crippen molar-refractivity contribution >= 4 is 21.8 Å². The second-order valence-corrected chi connectivity index (χ2v) is 7.30. The molecule has 2 aromatic rings. The van der Waals surface area contributed by atoms with Gasteiger partial charge in [0.2, 0.25) is 5.91 Å². The van der Waals surface area contributed by atoms with Crippen molar-refractivity contribution in [3.8, 4) is 0 Å². The van der Waals surface area contributed by atoms with Crippen LogP contribution in [0.3, 0.4) is 0 Å². The Morgan fingerprint density at radius 2 is 2.04 bits per heavy atom. The number of aromatic nitrogens is 3. The van der Waals surface area contributed by atoms with E-state index in [-0.39, 0.29) is 5.91 Å². The SMILES string of the molecule is O=C(CCc1ccccc1Br)N1CC(n2cc(C3CC3)nn2)C1. The van der Waals surface area contributed by atoms with Gasteiger partial charge in [-0.25, -0.2) is 4.68 Å². The summed E-state index contributed by atoms with van der Waals surface area (Å²) in [6.45, 7) is 1.50. The molecule has 120 valence electrons. The van der Waals surface area contributed by atoms with Crippen molar-refractivity contribution in [2.45, 2.75) is 37.6 Å². The van der Waals surface area contributed by atoms with Gasteiger partial charge in [0.1, 0.15) is 0 Å². The van der Waals surface area contributed by atoms with E-state index in [4.69, 9.17) is 0 Å². The number of hydrogen-bond donors (Lipinski definition) is 0. The lowest BCUT2D eigenvalue weighted by molar-refractivity contribution is -0.137. The topological polar surface area (TPSA) is 51.0 Å². The van der Waals surface area contributed by atoms with Crippen LogP contribution in [0, 0.1) is 0 Å². The van der Waals surface area contributed by atoms with Crippen LogP contribution in [0.5, 0.6) is 0 Å². The van der Waals surface area contributed by atoms with E-state index in [0.29, 0.717) is 18.4 Å². The number of hydrogen-bond acceptors (Lipinski definition) is 3. The van der Waals surface area contributed by atoms with Crippen LogP contribution in [0.1, 0.15) is 42.5 Å². The zero-order chi connectivity index (χ0) is 15.8. The van der Waals surface area contributed by atoms with Crippen molar-refractivity contribution < 1.29 is 4.79 Å². The van der Waals surface area contributed by atoms with Gasteiger partial charge < -0.3 is 4.90 Å². The molecule has 0 N–H and O–H groups in total. The molecule has 0 atom stereocenters. The van der Waals surface area contributed by atoms with Crippen molar-refractivity contribution in [2.75, 3.05) is 13.1 Å². The quantitative estimate of drug-likeness (QED) is 0.808. The summed E-state index contributed by atoms with van der Waals surface area (Å²) in [4.78, 5) is 14.2. The summed E-state index contributed by atoms with van der Waals surface area (Å²) in [5.41, 5.74) is 2.30. The van der Waals surface area contributed by atoms with E-state index in [0.717, 1.165) is 29.7 Å². The van der Waals surface area contributed by atoms with Crippen LogP contribution < -0.4 is 0 Å². The molecule has 1 saturated heterocycles. The number of aryl methyl sites for hydroxylation is 1. The van der Waals surface area contributed by atoms with Crippen molar-refractivity contribution in [1.29, 1.82) is 0 Å². The van der Waals surface area contributed by atoms with E-state index in [2.05, 4.69) is 38.5 Å². The van der Waals surface area contributed by atoms with Crippen LogP contribution in [0.2, 0.25) is 0 Å². The molecule has 1 aromatic carbocycles. The van der Waals surface area contributed by atoms with Crippen molar-refractivity contribution in [3.05, 3.63) is 46.2 Å². The van der Waals surface area contributed by atoms with Crippen LogP contribution in [0.25, 0.3) is 0 Å². The maximum atomic E-state index is 12.3. The van der Waals surface area contributed by atoms with E-state index < -0.39 is 0 Å². The fourth-order valence-corrected chi connectivity index (χ4v) is 3.45. The van der Waals surface area contributed by atoms with E-state index in [1.807, 2.05) is 27.8 Å². The highest BCUT2D eigenvalue weighted by Gasteiger charge is 2.34. The van der Waals surface area contributed by atoms with Gasteiger partial charge in [0.25, 0.3) is 0 Å². The van der Waals surface area contributed by atoms with Gasteiger partial charge in [-0.05, 0) is 30.9 Å². The maximum Gasteiger partial charge on any atom is 0.223 e. The first kappa shape index (κ1) is 14.9. The molecule has 2 fully saturated rings. The molecule has 4 rings (SSSR count). The monoisotopic (exact) mass is 374 g/mol. The first-order valence-corrected chi connectivity index (χ1v) is 8.93. The summed E-state index contributed by atoms with van der Waals surface area (Å²) in [7, 11) is 0. The standard InChI is InChI=1S/C17H19BrN4O/c18-15-4-2-1-3-12(15)7-8-17(23)21-9-14(10-21)22-11-16(19-20-22)13-5-6-13/h1-4,11,13-14H,5-10H2. The van der Waals surface area contributed by atoms with Crippen LogP contribution >= 0.6 is 15.9 Å². The highest BCUT2D eigenvalue weighted by Crippen LogP contribution is 2.39. The molecule has 0 spiro atoms. The fraction of sp³-hybridized carbons (Fsp3) is 0.471. The van der Waals surface area contributed by atoms with Gasteiger partial charge in [-0.2, -0.15) is 0 Å². The average Bonchev–Trinajstić information content (AvgIpc) is 3.24. The predicted octanol–water partition coefficient (Wildman–Crippen LogP) is 2.93. The van der Waals surface area contributed by atoms with Gasteiger partial charge in [0.15, 0.2) is 0 Å². The van der Waals surface area contributed by atoms with E-state index >= 15 is 0 Å². The lowest BCUT2D eigenvalue weighted by Gasteiger charge is -2.39. The third-order valence-electron chi connectivity index (χ3n) is 4.68.